The number of hydrogen-bond acceptors (Lipinski definition) is 2. The van der Waals surface area contributed by atoms with E-state index in [-0.39, 0.29) is 5.41 Å². The third-order valence-electron chi connectivity index (χ3n) is 3.98. The van der Waals surface area contributed by atoms with E-state index >= 15 is 0 Å². The Morgan fingerprint density at radius 2 is 1.93 bits per heavy atom. The number of ether oxygens (including phenoxy) is 1. The van der Waals surface area contributed by atoms with Crippen LogP contribution in [0.5, 0.6) is 0 Å². The molecule has 0 aromatic rings. The molecule has 1 aliphatic rings. The van der Waals surface area contributed by atoms with Gasteiger partial charge < -0.3 is 10.5 Å². The summed E-state index contributed by atoms with van der Waals surface area (Å²) in [5.41, 5.74) is 6.38. The van der Waals surface area contributed by atoms with Crippen LogP contribution in [0.25, 0.3) is 0 Å². The lowest BCUT2D eigenvalue weighted by Gasteiger charge is -2.53. The van der Waals surface area contributed by atoms with E-state index in [2.05, 4.69) is 20.8 Å². The molecule has 2 nitrogen and oxygen atoms in total. The standard InChI is InChI=1S/C12H25NO/c1-4-7-8-14-11-9-10(13)12(11,5-2)6-3/h10-11H,4-9,13H2,1-3H3. The van der Waals surface area contributed by atoms with Crippen LogP contribution >= 0.6 is 0 Å². The van der Waals surface area contributed by atoms with Gasteiger partial charge in [-0.2, -0.15) is 0 Å². The topological polar surface area (TPSA) is 35.2 Å². The van der Waals surface area contributed by atoms with Gasteiger partial charge in [0, 0.05) is 18.1 Å². The van der Waals surface area contributed by atoms with E-state index < -0.39 is 0 Å². The van der Waals surface area contributed by atoms with Crippen LogP contribution in [0.3, 0.4) is 0 Å². The molecule has 0 amide bonds. The SMILES string of the molecule is CCCCOC1CC(N)C1(CC)CC. The van der Waals surface area contributed by atoms with Gasteiger partial charge in [-0.05, 0) is 25.7 Å². The second kappa shape index (κ2) is 5.13. The lowest BCUT2D eigenvalue weighted by atomic mass is 9.59. The summed E-state index contributed by atoms with van der Waals surface area (Å²) in [6, 6.07) is 0.365. The minimum atomic E-state index is 0.285. The zero-order valence-electron chi connectivity index (χ0n) is 9.88. The van der Waals surface area contributed by atoms with Gasteiger partial charge in [-0.3, -0.25) is 0 Å². The molecule has 2 unspecified atom stereocenters. The molecule has 0 radical (unpaired) electrons. The lowest BCUT2D eigenvalue weighted by Crippen LogP contribution is -2.61. The molecule has 0 aromatic heterocycles. The third kappa shape index (κ3) is 1.96. The van der Waals surface area contributed by atoms with E-state index in [1.54, 1.807) is 0 Å². The van der Waals surface area contributed by atoms with Crippen LogP contribution in [0, 0.1) is 5.41 Å². The second-order valence-corrected chi connectivity index (χ2v) is 4.50. The minimum absolute atomic E-state index is 0.285. The Kier molecular flexibility index (Phi) is 4.39. The van der Waals surface area contributed by atoms with Gasteiger partial charge in [0.15, 0.2) is 0 Å². The van der Waals surface area contributed by atoms with Crippen molar-refractivity contribution in [3.8, 4) is 0 Å². The molecule has 0 spiro atoms. The van der Waals surface area contributed by atoms with E-state index in [0.717, 1.165) is 25.9 Å². The number of rotatable bonds is 6. The monoisotopic (exact) mass is 199 g/mol. The van der Waals surface area contributed by atoms with Crippen molar-refractivity contribution in [1.29, 1.82) is 0 Å². The molecule has 84 valence electrons. The molecule has 0 aliphatic heterocycles. The zero-order chi connectivity index (χ0) is 10.6. The Morgan fingerprint density at radius 3 is 2.36 bits per heavy atom. The summed E-state index contributed by atoms with van der Waals surface area (Å²) in [7, 11) is 0. The molecule has 2 heteroatoms. The summed E-state index contributed by atoms with van der Waals surface area (Å²) in [5.74, 6) is 0. The maximum Gasteiger partial charge on any atom is 0.0660 e. The smallest absolute Gasteiger partial charge is 0.0660 e. The van der Waals surface area contributed by atoms with Gasteiger partial charge in [-0.25, -0.2) is 0 Å². The molecule has 0 saturated heterocycles. The predicted molar refractivity (Wildman–Crippen MR) is 60.3 cm³/mol. The normalized spacial score (nSPS) is 30.0. The van der Waals surface area contributed by atoms with Crippen molar-refractivity contribution in [3.05, 3.63) is 0 Å². The first-order valence-electron chi connectivity index (χ1n) is 6.08. The van der Waals surface area contributed by atoms with Crippen molar-refractivity contribution < 1.29 is 4.74 Å². The van der Waals surface area contributed by atoms with Crippen molar-refractivity contribution in [1.82, 2.24) is 0 Å². The number of hydrogen-bond donors (Lipinski definition) is 1. The number of unbranched alkanes of at least 4 members (excludes halogenated alkanes) is 1. The van der Waals surface area contributed by atoms with E-state index in [1.807, 2.05) is 0 Å². The summed E-state index contributed by atoms with van der Waals surface area (Å²) in [6.07, 6.45) is 6.19. The molecule has 0 aromatic carbocycles. The highest BCUT2D eigenvalue weighted by atomic mass is 16.5. The Bertz CT molecular complexity index is 166. The van der Waals surface area contributed by atoms with Crippen LogP contribution in [0.1, 0.15) is 52.9 Å². The molecule has 2 N–H and O–H groups in total. The molecular weight excluding hydrogens is 174 g/mol. The van der Waals surface area contributed by atoms with E-state index in [4.69, 9.17) is 10.5 Å². The lowest BCUT2D eigenvalue weighted by molar-refractivity contribution is -0.131. The molecule has 1 rings (SSSR count). The van der Waals surface area contributed by atoms with E-state index in [0.29, 0.717) is 12.1 Å². The third-order valence-corrected chi connectivity index (χ3v) is 3.98. The Morgan fingerprint density at radius 1 is 1.29 bits per heavy atom. The number of nitrogens with two attached hydrogens (primary N) is 1. The summed E-state index contributed by atoms with van der Waals surface area (Å²) in [4.78, 5) is 0. The Balaban J connectivity index is 2.39. The first-order valence-corrected chi connectivity index (χ1v) is 6.08. The molecule has 1 aliphatic carbocycles. The fraction of sp³-hybridized carbons (Fsp3) is 1.00. The van der Waals surface area contributed by atoms with Gasteiger partial charge in [0.2, 0.25) is 0 Å². The van der Waals surface area contributed by atoms with Crippen LogP contribution in [-0.2, 0) is 4.74 Å². The molecular formula is C12H25NO. The maximum absolute atomic E-state index is 6.09. The van der Waals surface area contributed by atoms with Crippen molar-refractivity contribution in [2.24, 2.45) is 11.1 Å². The second-order valence-electron chi connectivity index (χ2n) is 4.50. The van der Waals surface area contributed by atoms with Crippen molar-refractivity contribution >= 4 is 0 Å². The average Bonchev–Trinajstić information content (AvgIpc) is 2.19. The predicted octanol–water partition coefficient (Wildman–Crippen LogP) is 2.71. The fourth-order valence-corrected chi connectivity index (χ4v) is 2.61. The fourth-order valence-electron chi connectivity index (χ4n) is 2.61. The van der Waals surface area contributed by atoms with Gasteiger partial charge in [0.05, 0.1) is 6.10 Å². The minimum Gasteiger partial charge on any atom is -0.378 e. The largest absolute Gasteiger partial charge is 0.378 e. The highest BCUT2D eigenvalue weighted by molar-refractivity contribution is 5.05. The van der Waals surface area contributed by atoms with Gasteiger partial charge >= 0.3 is 0 Å². The summed E-state index contributed by atoms with van der Waals surface area (Å²) in [6.45, 7) is 7.58. The molecule has 1 saturated carbocycles. The molecule has 14 heavy (non-hydrogen) atoms. The summed E-state index contributed by atoms with van der Waals surface area (Å²) in [5, 5.41) is 0. The first kappa shape index (κ1) is 12.0. The molecule has 0 bridgehead atoms. The van der Waals surface area contributed by atoms with Crippen LogP contribution in [0.2, 0.25) is 0 Å². The van der Waals surface area contributed by atoms with Crippen LogP contribution in [-0.4, -0.2) is 18.8 Å². The van der Waals surface area contributed by atoms with Gasteiger partial charge in [0.25, 0.3) is 0 Å². The zero-order valence-corrected chi connectivity index (χ0v) is 9.88. The Hall–Kier alpha value is -0.0800. The molecule has 2 atom stereocenters. The van der Waals surface area contributed by atoms with Gasteiger partial charge in [-0.15, -0.1) is 0 Å². The van der Waals surface area contributed by atoms with Crippen molar-refractivity contribution in [2.75, 3.05) is 6.61 Å². The van der Waals surface area contributed by atoms with Crippen LogP contribution in [0.15, 0.2) is 0 Å². The average molecular weight is 199 g/mol. The van der Waals surface area contributed by atoms with E-state index in [1.165, 1.54) is 12.8 Å². The first-order chi connectivity index (χ1) is 6.71. The molecule has 0 heterocycles. The van der Waals surface area contributed by atoms with Gasteiger partial charge in [0.1, 0.15) is 0 Å². The summed E-state index contributed by atoms with van der Waals surface area (Å²) < 4.78 is 5.91. The van der Waals surface area contributed by atoms with Gasteiger partial charge in [-0.1, -0.05) is 27.2 Å². The quantitative estimate of drug-likeness (QED) is 0.668. The Labute approximate surface area is 88.2 Å². The van der Waals surface area contributed by atoms with E-state index in [9.17, 15) is 0 Å². The maximum atomic E-state index is 6.09. The highest BCUT2D eigenvalue weighted by Gasteiger charge is 2.51. The highest BCUT2D eigenvalue weighted by Crippen LogP contribution is 2.47. The van der Waals surface area contributed by atoms with Crippen molar-refractivity contribution in [2.45, 2.75) is 65.0 Å². The van der Waals surface area contributed by atoms with Crippen LogP contribution < -0.4 is 5.73 Å². The summed E-state index contributed by atoms with van der Waals surface area (Å²) >= 11 is 0. The van der Waals surface area contributed by atoms with Crippen LogP contribution in [0.4, 0.5) is 0 Å². The van der Waals surface area contributed by atoms with Crippen molar-refractivity contribution in [3.63, 3.8) is 0 Å². The molecule has 1 fully saturated rings.